The summed E-state index contributed by atoms with van der Waals surface area (Å²) in [6.45, 7) is 9.10. The number of nitrogens with one attached hydrogen (secondary N) is 2. The molecule has 0 aromatic carbocycles. The normalized spacial score (nSPS) is 13.8. The highest BCUT2D eigenvalue weighted by molar-refractivity contribution is 5.97. The second-order valence-corrected chi connectivity index (χ2v) is 6.49. The van der Waals surface area contributed by atoms with Crippen molar-refractivity contribution in [2.24, 2.45) is 15.7 Å². The van der Waals surface area contributed by atoms with E-state index in [1.54, 1.807) is 12.1 Å². The van der Waals surface area contributed by atoms with E-state index in [9.17, 15) is 4.39 Å². The number of imidazole rings is 1. The maximum Gasteiger partial charge on any atom is 0.187 e. The van der Waals surface area contributed by atoms with E-state index >= 15 is 0 Å². The predicted octanol–water partition coefficient (Wildman–Crippen LogP) is 2.86. The van der Waals surface area contributed by atoms with Gasteiger partial charge in [0, 0.05) is 12.1 Å². The molecule has 2 rings (SSSR count). The van der Waals surface area contributed by atoms with Crippen molar-refractivity contribution in [3.05, 3.63) is 42.4 Å². The second-order valence-electron chi connectivity index (χ2n) is 6.49. The molecule has 29 heavy (non-hydrogen) atoms. The monoisotopic (exact) mass is 400 g/mol. The molecule has 0 spiro atoms. The summed E-state index contributed by atoms with van der Waals surface area (Å²) < 4.78 is 20.1. The number of aromatic nitrogens is 3. The Morgan fingerprint density at radius 1 is 1.45 bits per heavy atom. The molecule has 0 saturated heterocycles. The zero-order valence-electron chi connectivity index (χ0n) is 16.6. The highest BCUT2D eigenvalue weighted by Gasteiger charge is 2.10. The summed E-state index contributed by atoms with van der Waals surface area (Å²) in [5.74, 6) is 0.225. The van der Waals surface area contributed by atoms with Crippen LogP contribution in [0.15, 0.2) is 52.4 Å². The van der Waals surface area contributed by atoms with Crippen LogP contribution in [0.3, 0.4) is 0 Å². The van der Waals surface area contributed by atoms with E-state index in [0.29, 0.717) is 23.5 Å². The van der Waals surface area contributed by atoms with Gasteiger partial charge in [0.1, 0.15) is 23.5 Å². The summed E-state index contributed by atoms with van der Waals surface area (Å²) in [6, 6.07) is 3.46. The Hall–Kier alpha value is -3.56. The molecule has 0 bridgehead atoms. The van der Waals surface area contributed by atoms with Crippen molar-refractivity contribution in [3.63, 3.8) is 0 Å². The first-order chi connectivity index (χ1) is 13.8. The minimum Gasteiger partial charge on any atom is -0.477 e. The van der Waals surface area contributed by atoms with Gasteiger partial charge < -0.3 is 15.8 Å². The van der Waals surface area contributed by atoms with E-state index in [1.807, 2.05) is 20.8 Å². The predicted molar refractivity (Wildman–Crippen MR) is 114 cm³/mol. The number of hydrogen-bond donors (Lipinski definition) is 3. The van der Waals surface area contributed by atoms with Crippen molar-refractivity contribution in [3.8, 4) is 0 Å². The van der Waals surface area contributed by atoms with E-state index in [2.05, 4.69) is 32.0 Å². The molecule has 1 atom stereocenters. The summed E-state index contributed by atoms with van der Waals surface area (Å²) in [6.07, 6.45) is 4.89. The van der Waals surface area contributed by atoms with Crippen LogP contribution in [0.2, 0.25) is 0 Å². The molecule has 0 aliphatic heterocycles. The molecule has 0 amide bonds. The number of anilines is 1. The quantitative estimate of drug-likeness (QED) is 0.339. The van der Waals surface area contributed by atoms with Gasteiger partial charge in [0.15, 0.2) is 17.4 Å². The minimum absolute atomic E-state index is 0.0750. The fourth-order valence-electron chi connectivity index (χ4n) is 2.38. The molecule has 4 N–H and O–H groups in total. The number of ether oxygens (including phenoxy) is 1. The Balaban J connectivity index is 2.13. The molecule has 0 aliphatic rings. The smallest absolute Gasteiger partial charge is 0.187 e. The number of nitrogens with zero attached hydrogens (tertiary/aromatic N) is 5. The zero-order chi connectivity index (χ0) is 21.4. The van der Waals surface area contributed by atoms with E-state index < -0.39 is 5.83 Å². The Bertz CT molecular complexity index is 960. The van der Waals surface area contributed by atoms with Crippen molar-refractivity contribution in [2.45, 2.75) is 32.9 Å². The number of fused-ring (bicyclic) bond motifs is 1. The highest BCUT2D eigenvalue weighted by atomic mass is 19.1. The molecule has 0 fully saturated rings. The van der Waals surface area contributed by atoms with E-state index in [4.69, 9.17) is 15.9 Å². The average molecular weight is 400 g/mol. The van der Waals surface area contributed by atoms with Gasteiger partial charge in [-0.05, 0) is 39.6 Å². The van der Waals surface area contributed by atoms with Gasteiger partial charge in [-0.25, -0.2) is 14.4 Å². The summed E-state index contributed by atoms with van der Waals surface area (Å²) >= 11 is 0. The Labute approximate surface area is 168 Å². The lowest BCUT2D eigenvalue weighted by molar-refractivity contribution is 0.145. The zero-order valence-corrected chi connectivity index (χ0v) is 16.6. The Kier molecular flexibility index (Phi) is 7.58. The van der Waals surface area contributed by atoms with Crippen LogP contribution >= 0.6 is 0 Å². The van der Waals surface area contributed by atoms with E-state index in [-0.39, 0.29) is 23.9 Å². The third kappa shape index (κ3) is 6.52. The molecule has 2 aromatic heterocycles. The number of pyridine rings is 1. The van der Waals surface area contributed by atoms with Crippen LogP contribution in [0, 0.1) is 5.41 Å². The number of hydrogen-bond acceptors (Lipinski definition) is 8. The van der Waals surface area contributed by atoms with Crippen LogP contribution in [-0.4, -0.2) is 52.0 Å². The van der Waals surface area contributed by atoms with Crippen LogP contribution in [-0.2, 0) is 4.74 Å². The van der Waals surface area contributed by atoms with Crippen LogP contribution < -0.4 is 11.1 Å². The first kappa shape index (κ1) is 21.7. The third-order valence-electron chi connectivity index (χ3n) is 3.51. The molecule has 2 heterocycles. The lowest BCUT2D eigenvalue weighted by Crippen LogP contribution is -2.20. The van der Waals surface area contributed by atoms with Gasteiger partial charge in [-0.2, -0.15) is 0 Å². The van der Waals surface area contributed by atoms with Crippen molar-refractivity contribution in [2.75, 3.05) is 11.9 Å². The summed E-state index contributed by atoms with van der Waals surface area (Å²) in [4.78, 5) is 16.1. The number of halogens is 1. The Morgan fingerprint density at radius 3 is 2.90 bits per heavy atom. The maximum absolute atomic E-state index is 13.2. The summed E-state index contributed by atoms with van der Waals surface area (Å²) in [5, 5.41) is 11.4. The molecular weight excluding hydrogens is 375 g/mol. The van der Waals surface area contributed by atoms with Gasteiger partial charge in [-0.3, -0.25) is 20.0 Å². The number of nitrogens with two attached hydrogens (primary N) is 1. The maximum atomic E-state index is 13.2. The first-order valence-electron chi connectivity index (χ1n) is 8.95. The van der Waals surface area contributed by atoms with Gasteiger partial charge in [-0.15, -0.1) is 0 Å². The standard InChI is InChI=1S/C19H25FN8O/c1-12(2)29-17(22)7-16(21)28-11-25-15-5-6-18(27-19(15)28)26-13(3)8-24-10-14(20)9-23-4/h5-7,9-13,21H,4,8,22H2,1-3H3,(H,26,27)/b14-9+,17-7+,21-16?,24-10-/t13-/m0/s1. The van der Waals surface area contributed by atoms with E-state index in [0.717, 1.165) is 12.4 Å². The lowest BCUT2D eigenvalue weighted by atomic mass is 10.3. The van der Waals surface area contributed by atoms with Gasteiger partial charge in [-0.1, -0.05) is 0 Å². The van der Waals surface area contributed by atoms with Crippen LogP contribution in [0.1, 0.15) is 20.8 Å². The fraction of sp³-hybridized carbons (Fsp3) is 0.316. The largest absolute Gasteiger partial charge is 0.477 e. The number of allylic oxidation sites excluding steroid dienone is 2. The minimum atomic E-state index is -0.567. The number of rotatable bonds is 9. The average Bonchev–Trinajstić information content (AvgIpc) is 3.04. The molecular formula is C19H25FN8O. The fourth-order valence-corrected chi connectivity index (χ4v) is 2.38. The Morgan fingerprint density at radius 2 is 2.21 bits per heavy atom. The number of aliphatic imine (C=N–C) groups is 2. The van der Waals surface area contributed by atoms with Crippen molar-refractivity contribution in [1.82, 2.24) is 14.5 Å². The van der Waals surface area contributed by atoms with Crippen LogP contribution in [0.5, 0.6) is 0 Å². The highest BCUT2D eigenvalue weighted by Crippen LogP contribution is 2.15. The molecule has 2 aromatic rings. The molecule has 9 nitrogen and oxygen atoms in total. The van der Waals surface area contributed by atoms with Gasteiger partial charge >= 0.3 is 0 Å². The summed E-state index contributed by atoms with van der Waals surface area (Å²) in [5.41, 5.74) is 6.91. The van der Waals surface area contributed by atoms with Crippen LogP contribution in [0.4, 0.5) is 10.2 Å². The summed E-state index contributed by atoms with van der Waals surface area (Å²) in [7, 11) is 0. The first-order valence-corrected chi connectivity index (χ1v) is 8.95. The van der Waals surface area contributed by atoms with Crippen molar-refractivity contribution < 1.29 is 9.13 Å². The van der Waals surface area contributed by atoms with Gasteiger partial charge in [0.2, 0.25) is 0 Å². The molecule has 154 valence electrons. The molecule has 10 heteroatoms. The van der Waals surface area contributed by atoms with Crippen LogP contribution in [0.25, 0.3) is 11.2 Å². The molecule has 0 unspecified atom stereocenters. The molecule has 0 aliphatic carbocycles. The second kappa shape index (κ2) is 10.1. The lowest BCUT2D eigenvalue weighted by Gasteiger charge is -2.12. The third-order valence-corrected chi connectivity index (χ3v) is 3.51. The van der Waals surface area contributed by atoms with Crippen molar-refractivity contribution >= 4 is 35.7 Å². The van der Waals surface area contributed by atoms with Gasteiger partial charge in [0.25, 0.3) is 0 Å². The topological polar surface area (TPSA) is 127 Å². The molecule has 0 saturated carbocycles. The molecule has 0 radical (unpaired) electrons. The van der Waals surface area contributed by atoms with E-state index in [1.165, 1.54) is 17.0 Å². The van der Waals surface area contributed by atoms with Crippen molar-refractivity contribution in [1.29, 1.82) is 5.41 Å². The van der Waals surface area contributed by atoms with Gasteiger partial charge in [0.05, 0.1) is 25.1 Å². The SMILES string of the molecule is C=N/C=C(F)\C=N/C[C@H](C)Nc1ccc2ncn(C(=N)/C=C(\N)OC(C)C)c2n1.